The number of urea groups is 1. The number of nitrogens with zero attached hydrogens (tertiary/aromatic N) is 2. The molecule has 0 atom stereocenters. The van der Waals surface area contributed by atoms with Gasteiger partial charge in [0.2, 0.25) is 12.7 Å². The van der Waals surface area contributed by atoms with Crippen LogP contribution in [0.4, 0.5) is 10.5 Å². The molecule has 1 aromatic carbocycles. The Morgan fingerprint density at radius 2 is 1.89 bits per heavy atom. The van der Waals surface area contributed by atoms with Gasteiger partial charge in [0.15, 0.2) is 11.5 Å². The Kier molecular flexibility index (Phi) is 5.55. The molecule has 1 fully saturated rings. The summed E-state index contributed by atoms with van der Waals surface area (Å²) in [4.78, 5) is 49.9. The summed E-state index contributed by atoms with van der Waals surface area (Å²) in [6, 6.07) is 4.00. The van der Waals surface area contributed by atoms with Gasteiger partial charge in [-0.25, -0.2) is 9.69 Å². The highest BCUT2D eigenvalue weighted by atomic mass is 16.7. The van der Waals surface area contributed by atoms with Gasteiger partial charge in [0, 0.05) is 31.5 Å². The molecule has 10 heteroatoms. The number of rotatable bonds is 8. The fourth-order valence-corrected chi connectivity index (χ4v) is 2.67. The van der Waals surface area contributed by atoms with Crippen molar-refractivity contribution in [2.75, 3.05) is 38.4 Å². The van der Waals surface area contributed by atoms with Gasteiger partial charge >= 0.3 is 17.8 Å². The van der Waals surface area contributed by atoms with Gasteiger partial charge in [-0.2, -0.15) is 0 Å². The van der Waals surface area contributed by atoms with Gasteiger partial charge in [0.1, 0.15) is 6.54 Å². The van der Waals surface area contributed by atoms with Gasteiger partial charge < -0.3 is 19.5 Å². The number of anilines is 1. The Morgan fingerprint density at radius 3 is 2.67 bits per heavy atom. The van der Waals surface area contributed by atoms with E-state index in [4.69, 9.17) is 14.2 Å². The van der Waals surface area contributed by atoms with E-state index in [1.807, 2.05) is 6.92 Å². The first-order chi connectivity index (χ1) is 13.0. The van der Waals surface area contributed by atoms with E-state index >= 15 is 0 Å². The van der Waals surface area contributed by atoms with E-state index in [1.165, 1.54) is 0 Å². The van der Waals surface area contributed by atoms with Gasteiger partial charge in [-0.3, -0.25) is 19.3 Å². The Hall–Kier alpha value is -3.14. The topological polar surface area (TPSA) is 114 Å². The van der Waals surface area contributed by atoms with Crippen LogP contribution in [0, 0.1) is 0 Å². The number of fused-ring (bicyclic) bond motifs is 1. The largest absolute Gasteiger partial charge is 0.454 e. The second-order valence-electron chi connectivity index (χ2n) is 5.80. The lowest BCUT2D eigenvalue weighted by Gasteiger charge is -2.15. The second kappa shape index (κ2) is 8.04. The Balaban J connectivity index is 1.57. The fourth-order valence-electron chi connectivity index (χ4n) is 2.67. The summed E-state index contributed by atoms with van der Waals surface area (Å²) in [5.74, 6) is -1.52. The molecule has 3 rings (SSSR count). The highest BCUT2D eigenvalue weighted by Gasteiger charge is 2.44. The van der Waals surface area contributed by atoms with E-state index in [0.29, 0.717) is 41.7 Å². The Morgan fingerprint density at radius 1 is 1.15 bits per heavy atom. The number of carbonyl (C=O) groups excluding carboxylic acids is 4. The van der Waals surface area contributed by atoms with Gasteiger partial charge in [0.05, 0.1) is 0 Å². The van der Waals surface area contributed by atoms with Crippen LogP contribution in [0.5, 0.6) is 11.5 Å². The fraction of sp³-hybridized carbons (Fsp3) is 0.412. The average Bonchev–Trinajstić information content (AvgIpc) is 3.19. The summed E-state index contributed by atoms with van der Waals surface area (Å²) in [6.07, 6.45) is 0.413. The smallest absolute Gasteiger partial charge is 0.334 e. The first-order valence-electron chi connectivity index (χ1n) is 8.46. The number of hydrogen-bond acceptors (Lipinski definition) is 7. The van der Waals surface area contributed by atoms with Crippen molar-refractivity contribution >= 4 is 29.4 Å². The number of hydrogen-bond donors (Lipinski definition) is 1. The third-order valence-electron chi connectivity index (χ3n) is 3.97. The zero-order valence-corrected chi connectivity index (χ0v) is 14.7. The molecule has 0 bridgehead atoms. The van der Waals surface area contributed by atoms with Crippen LogP contribution in [0.2, 0.25) is 0 Å². The molecule has 0 spiro atoms. The summed E-state index contributed by atoms with van der Waals surface area (Å²) < 4.78 is 15.5. The van der Waals surface area contributed by atoms with Gasteiger partial charge in [-0.15, -0.1) is 0 Å². The number of nitrogens with one attached hydrogen (secondary N) is 1. The summed E-state index contributed by atoms with van der Waals surface area (Å²) in [7, 11) is 0. The van der Waals surface area contributed by atoms with Crippen LogP contribution in [0.15, 0.2) is 18.2 Å². The molecule has 2 aliphatic rings. The minimum Gasteiger partial charge on any atom is -0.454 e. The molecule has 1 aromatic rings. The monoisotopic (exact) mass is 377 g/mol. The lowest BCUT2D eigenvalue weighted by molar-refractivity contribution is -0.143. The van der Waals surface area contributed by atoms with E-state index in [1.54, 1.807) is 18.2 Å². The van der Waals surface area contributed by atoms with Crippen molar-refractivity contribution in [3.05, 3.63) is 18.2 Å². The normalized spacial score (nSPS) is 15.7. The van der Waals surface area contributed by atoms with Crippen molar-refractivity contribution in [1.82, 2.24) is 9.80 Å². The van der Waals surface area contributed by atoms with E-state index < -0.39 is 30.3 Å². The maximum Gasteiger partial charge on any atom is 0.334 e. The summed E-state index contributed by atoms with van der Waals surface area (Å²) in [5.41, 5.74) is 0.420. The quantitative estimate of drug-likeness (QED) is 0.400. The van der Waals surface area contributed by atoms with Crippen LogP contribution in [-0.4, -0.2) is 66.6 Å². The maximum absolute atomic E-state index is 12.3. The molecular formula is C17H19N3O7. The third-order valence-corrected chi connectivity index (χ3v) is 3.97. The van der Waals surface area contributed by atoms with Crippen LogP contribution >= 0.6 is 0 Å². The van der Waals surface area contributed by atoms with Crippen molar-refractivity contribution in [3.63, 3.8) is 0 Å². The van der Waals surface area contributed by atoms with Crippen molar-refractivity contribution in [2.45, 2.75) is 13.3 Å². The summed E-state index contributed by atoms with van der Waals surface area (Å²) in [5, 5.41) is 2.56. The van der Waals surface area contributed by atoms with Crippen LogP contribution in [0.1, 0.15) is 13.3 Å². The molecule has 2 heterocycles. The molecule has 1 saturated heterocycles. The van der Waals surface area contributed by atoms with Crippen molar-refractivity contribution in [3.8, 4) is 11.5 Å². The minimum atomic E-state index is -1.02. The van der Waals surface area contributed by atoms with Gasteiger partial charge in [0.25, 0.3) is 0 Å². The highest BCUT2D eigenvalue weighted by Crippen LogP contribution is 2.34. The molecule has 0 saturated carbocycles. The van der Waals surface area contributed by atoms with E-state index in [-0.39, 0.29) is 13.3 Å². The minimum absolute atomic E-state index is 0.0592. The van der Waals surface area contributed by atoms with E-state index in [9.17, 15) is 19.2 Å². The molecule has 0 aromatic heterocycles. The molecule has 0 radical (unpaired) electrons. The molecule has 10 nitrogen and oxygen atoms in total. The van der Waals surface area contributed by atoms with E-state index in [0.717, 1.165) is 4.90 Å². The summed E-state index contributed by atoms with van der Waals surface area (Å²) in [6.45, 7) is 2.32. The van der Waals surface area contributed by atoms with Crippen molar-refractivity contribution < 1.29 is 33.4 Å². The van der Waals surface area contributed by atoms with Crippen LogP contribution < -0.4 is 14.8 Å². The van der Waals surface area contributed by atoms with Crippen molar-refractivity contribution in [2.24, 2.45) is 0 Å². The number of benzene rings is 1. The highest BCUT2D eigenvalue weighted by molar-refractivity contribution is 6.45. The third kappa shape index (κ3) is 4.00. The summed E-state index contributed by atoms with van der Waals surface area (Å²) >= 11 is 0. The molecule has 5 amide bonds. The molecule has 0 aliphatic carbocycles. The lowest BCUT2D eigenvalue weighted by atomic mass is 10.2. The Bertz CT molecular complexity index is 780. The molecule has 2 aliphatic heterocycles. The van der Waals surface area contributed by atoms with Crippen LogP contribution in [0.25, 0.3) is 0 Å². The zero-order chi connectivity index (χ0) is 19.4. The molecule has 0 unspecified atom stereocenters. The molecule has 144 valence electrons. The number of carbonyl (C=O) groups is 4. The Labute approximate surface area is 154 Å². The molecular weight excluding hydrogens is 358 g/mol. The van der Waals surface area contributed by atoms with Gasteiger partial charge in [-0.1, -0.05) is 0 Å². The predicted molar refractivity (Wildman–Crippen MR) is 91.1 cm³/mol. The van der Waals surface area contributed by atoms with Gasteiger partial charge in [-0.05, 0) is 25.5 Å². The first-order valence-corrected chi connectivity index (χ1v) is 8.46. The average molecular weight is 377 g/mol. The zero-order valence-electron chi connectivity index (χ0n) is 14.7. The van der Waals surface area contributed by atoms with Crippen LogP contribution in [-0.2, 0) is 19.1 Å². The van der Waals surface area contributed by atoms with Crippen LogP contribution in [0.3, 0.4) is 0 Å². The number of imide groups is 2. The van der Waals surface area contributed by atoms with Crippen molar-refractivity contribution in [1.29, 1.82) is 0 Å². The lowest BCUT2D eigenvalue weighted by Crippen LogP contribution is -2.39. The van der Waals surface area contributed by atoms with E-state index in [2.05, 4.69) is 5.32 Å². The number of ether oxygens (including phenoxy) is 3. The molecule has 1 N–H and O–H groups in total. The SMILES string of the molecule is CCOCCCN1C(=O)C(=O)N(CC(=O)Nc2ccc3c(c2)OCO3)C1=O. The predicted octanol–water partition coefficient (Wildman–Crippen LogP) is 0.571. The standard InChI is InChI=1S/C17H19N3O7/c1-2-25-7-3-6-19-15(22)16(23)20(17(19)24)9-14(21)18-11-4-5-12-13(8-11)27-10-26-12/h4-5,8H,2-3,6-7,9-10H2,1H3,(H,18,21). The number of amides is 5. The maximum atomic E-state index is 12.3. The first kappa shape index (κ1) is 18.6. The molecule has 27 heavy (non-hydrogen) atoms. The second-order valence-corrected chi connectivity index (χ2v) is 5.80.